The predicted molar refractivity (Wildman–Crippen MR) is 61.9 cm³/mol. The van der Waals surface area contributed by atoms with Crippen LogP contribution in [-0.2, 0) is 5.41 Å². The standard InChI is InChI=1S/C13H18O3/c1-3-16-11-6-4-5-10(12(11)15)13(7-8-13)9(2)14/h4-6,9,14-15H,3,7-8H2,1-2H3. The highest BCUT2D eigenvalue weighted by molar-refractivity contribution is 5.51. The van der Waals surface area contributed by atoms with E-state index in [1.807, 2.05) is 19.1 Å². The highest BCUT2D eigenvalue weighted by Crippen LogP contribution is 2.55. The molecular formula is C13H18O3. The highest BCUT2D eigenvalue weighted by atomic mass is 16.5. The fourth-order valence-electron chi connectivity index (χ4n) is 2.24. The van der Waals surface area contributed by atoms with Crippen molar-refractivity contribution in [3.63, 3.8) is 0 Å². The van der Waals surface area contributed by atoms with Gasteiger partial charge in [0.2, 0.25) is 0 Å². The van der Waals surface area contributed by atoms with Gasteiger partial charge < -0.3 is 14.9 Å². The normalized spacial score (nSPS) is 19.2. The van der Waals surface area contributed by atoms with Crippen molar-refractivity contribution in [2.75, 3.05) is 6.61 Å². The van der Waals surface area contributed by atoms with Crippen molar-refractivity contribution in [1.82, 2.24) is 0 Å². The zero-order chi connectivity index (χ0) is 11.8. The third-order valence-corrected chi connectivity index (χ3v) is 3.42. The summed E-state index contributed by atoms with van der Waals surface area (Å²) in [5.41, 5.74) is 0.561. The summed E-state index contributed by atoms with van der Waals surface area (Å²) in [6, 6.07) is 5.49. The number of aliphatic hydroxyl groups is 1. The molecule has 1 aliphatic rings. The SMILES string of the molecule is CCOc1cccc(C2(C(C)O)CC2)c1O. The number of para-hydroxylation sites is 1. The van der Waals surface area contributed by atoms with Crippen LogP contribution < -0.4 is 4.74 Å². The number of phenols is 1. The molecule has 1 aromatic rings. The molecule has 0 aliphatic heterocycles. The Balaban J connectivity index is 2.38. The van der Waals surface area contributed by atoms with Crippen LogP contribution in [0, 0.1) is 0 Å². The molecule has 1 aromatic carbocycles. The Morgan fingerprint density at radius 3 is 2.62 bits per heavy atom. The van der Waals surface area contributed by atoms with E-state index in [-0.39, 0.29) is 11.2 Å². The lowest BCUT2D eigenvalue weighted by Crippen LogP contribution is -2.22. The van der Waals surface area contributed by atoms with E-state index >= 15 is 0 Å². The second-order valence-electron chi connectivity index (χ2n) is 4.42. The van der Waals surface area contributed by atoms with Crippen molar-refractivity contribution in [3.8, 4) is 11.5 Å². The van der Waals surface area contributed by atoms with E-state index in [4.69, 9.17) is 4.74 Å². The van der Waals surface area contributed by atoms with Crippen molar-refractivity contribution in [3.05, 3.63) is 23.8 Å². The van der Waals surface area contributed by atoms with Crippen LogP contribution in [0.5, 0.6) is 11.5 Å². The second-order valence-corrected chi connectivity index (χ2v) is 4.42. The number of hydrogen-bond donors (Lipinski definition) is 2. The number of benzene rings is 1. The van der Waals surface area contributed by atoms with Crippen molar-refractivity contribution in [2.45, 2.75) is 38.2 Å². The highest BCUT2D eigenvalue weighted by Gasteiger charge is 2.50. The molecule has 1 atom stereocenters. The molecule has 0 aromatic heterocycles. The van der Waals surface area contributed by atoms with Crippen LogP contribution in [-0.4, -0.2) is 22.9 Å². The largest absolute Gasteiger partial charge is 0.504 e. The van der Waals surface area contributed by atoms with Gasteiger partial charge in [-0.15, -0.1) is 0 Å². The van der Waals surface area contributed by atoms with Crippen molar-refractivity contribution >= 4 is 0 Å². The van der Waals surface area contributed by atoms with Crippen molar-refractivity contribution in [2.24, 2.45) is 0 Å². The molecule has 3 nitrogen and oxygen atoms in total. The van der Waals surface area contributed by atoms with Crippen LogP contribution in [0.4, 0.5) is 0 Å². The third kappa shape index (κ3) is 1.65. The molecule has 1 fully saturated rings. The van der Waals surface area contributed by atoms with Crippen LogP contribution >= 0.6 is 0 Å². The molecule has 1 saturated carbocycles. The van der Waals surface area contributed by atoms with Gasteiger partial charge in [-0.3, -0.25) is 0 Å². The summed E-state index contributed by atoms with van der Waals surface area (Å²) >= 11 is 0. The number of hydrogen-bond acceptors (Lipinski definition) is 3. The maximum atomic E-state index is 10.1. The molecule has 0 bridgehead atoms. The van der Waals surface area contributed by atoms with Crippen LogP contribution in [0.3, 0.4) is 0 Å². The summed E-state index contributed by atoms with van der Waals surface area (Å²) < 4.78 is 5.35. The summed E-state index contributed by atoms with van der Waals surface area (Å²) in [6.45, 7) is 4.19. The van der Waals surface area contributed by atoms with Crippen LogP contribution in [0.15, 0.2) is 18.2 Å². The van der Waals surface area contributed by atoms with Crippen LogP contribution in [0.2, 0.25) is 0 Å². The van der Waals surface area contributed by atoms with Gasteiger partial charge in [-0.2, -0.15) is 0 Å². The summed E-state index contributed by atoms with van der Waals surface area (Å²) in [5.74, 6) is 0.690. The molecule has 16 heavy (non-hydrogen) atoms. The lowest BCUT2D eigenvalue weighted by Gasteiger charge is -2.21. The van der Waals surface area contributed by atoms with Crippen molar-refractivity contribution < 1.29 is 14.9 Å². The molecule has 0 radical (unpaired) electrons. The molecule has 1 aliphatic carbocycles. The Morgan fingerprint density at radius 1 is 1.44 bits per heavy atom. The molecular weight excluding hydrogens is 204 g/mol. The van der Waals surface area contributed by atoms with E-state index in [1.54, 1.807) is 13.0 Å². The number of phenolic OH excluding ortho intramolecular Hbond substituents is 1. The Morgan fingerprint density at radius 2 is 2.12 bits per heavy atom. The summed E-state index contributed by atoms with van der Waals surface area (Å²) in [7, 11) is 0. The molecule has 3 heteroatoms. The third-order valence-electron chi connectivity index (χ3n) is 3.42. The Bertz CT molecular complexity index is 381. The molecule has 88 valence electrons. The van der Waals surface area contributed by atoms with Gasteiger partial charge in [-0.05, 0) is 32.8 Å². The average Bonchev–Trinajstić information content (AvgIpc) is 3.02. The fourth-order valence-corrected chi connectivity index (χ4v) is 2.24. The minimum absolute atomic E-state index is 0.183. The van der Waals surface area contributed by atoms with Crippen LogP contribution in [0.1, 0.15) is 32.3 Å². The quantitative estimate of drug-likeness (QED) is 0.821. The van der Waals surface area contributed by atoms with E-state index in [1.165, 1.54) is 0 Å². The van der Waals surface area contributed by atoms with Gasteiger partial charge in [0, 0.05) is 11.0 Å². The fraction of sp³-hybridized carbons (Fsp3) is 0.538. The molecule has 2 N–H and O–H groups in total. The molecule has 0 heterocycles. The smallest absolute Gasteiger partial charge is 0.161 e. The molecule has 0 spiro atoms. The first kappa shape index (κ1) is 11.3. The molecule has 1 unspecified atom stereocenters. The van der Waals surface area contributed by atoms with Gasteiger partial charge in [0.15, 0.2) is 11.5 Å². The van der Waals surface area contributed by atoms with Gasteiger partial charge in [0.25, 0.3) is 0 Å². The first-order valence-electron chi connectivity index (χ1n) is 5.75. The number of aromatic hydroxyl groups is 1. The van der Waals surface area contributed by atoms with Gasteiger partial charge in [-0.25, -0.2) is 0 Å². The van der Waals surface area contributed by atoms with Crippen LogP contribution in [0.25, 0.3) is 0 Å². The molecule has 0 amide bonds. The average molecular weight is 222 g/mol. The second kappa shape index (κ2) is 3.98. The number of aliphatic hydroxyl groups excluding tert-OH is 1. The Kier molecular flexibility index (Phi) is 2.80. The number of ether oxygens (including phenoxy) is 1. The lowest BCUT2D eigenvalue weighted by atomic mass is 9.90. The number of rotatable bonds is 4. The molecule has 0 saturated heterocycles. The Labute approximate surface area is 95.7 Å². The van der Waals surface area contributed by atoms with E-state index in [2.05, 4.69) is 0 Å². The summed E-state index contributed by atoms with van der Waals surface area (Å²) in [5, 5.41) is 19.9. The summed E-state index contributed by atoms with van der Waals surface area (Å²) in [6.07, 6.45) is 1.41. The van der Waals surface area contributed by atoms with Gasteiger partial charge in [-0.1, -0.05) is 12.1 Å². The van der Waals surface area contributed by atoms with Gasteiger partial charge in [0.1, 0.15) is 0 Å². The monoisotopic (exact) mass is 222 g/mol. The van der Waals surface area contributed by atoms with Crippen molar-refractivity contribution in [1.29, 1.82) is 0 Å². The summed E-state index contributed by atoms with van der Waals surface area (Å²) in [4.78, 5) is 0. The predicted octanol–water partition coefficient (Wildman–Crippen LogP) is 2.20. The Hall–Kier alpha value is -1.22. The first-order valence-corrected chi connectivity index (χ1v) is 5.75. The maximum absolute atomic E-state index is 10.1. The molecule has 2 rings (SSSR count). The van der Waals surface area contributed by atoms with E-state index in [0.717, 1.165) is 18.4 Å². The van der Waals surface area contributed by atoms with E-state index < -0.39 is 6.10 Å². The van der Waals surface area contributed by atoms with Gasteiger partial charge in [0.05, 0.1) is 12.7 Å². The zero-order valence-corrected chi connectivity index (χ0v) is 9.73. The lowest BCUT2D eigenvalue weighted by molar-refractivity contribution is 0.148. The minimum atomic E-state index is -0.435. The van der Waals surface area contributed by atoms with E-state index in [9.17, 15) is 10.2 Å². The maximum Gasteiger partial charge on any atom is 0.161 e. The zero-order valence-electron chi connectivity index (χ0n) is 9.73. The van der Waals surface area contributed by atoms with Gasteiger partial charge >= 0.3 is 0 Å². The minimum Gasteiger partial charge on any atom is -0.504 e. The first-order chi connectivity index (χ1) is 7.62. The topological polar surface area (TPSA) is 49.7 Å². The van der Waals surface area contributed by atoms with E-state index in [0.29, 0.717) is 12.4 Å².